The van der Waals surface area contributed by atoms with E-state index in [0.717, 1.165) is 48.6 Å². The van der Waals surface area contributed by atoms with Gasteiger partial charge in [-0.15, -0.1) is 0 Å². The molecular formula is C27H36N2O2. The standard InChI is InChI=1S/C27H36N2O2/c1-4-27(5-2)17-24(23-10-6-7-11-25(23)31-27)28-26(30)22-14-12-21(13-15-22)19-29-16-8-9-20(3)18-29/h6-7,10-15,20,24H,4-5,8-9,16-19H2,1-3H3,(H,28,30)/t20-,24+/m1/s1. The molecule has 4 nitrogen and oxygen atoms in total. The number of nitrogens with one attached hydrogen (secondary N) is 1. The zero-order valence-electron chi connectivity index (χ0n) is 19.2. The number of hydrogen-bond acceptors (Lipinski definition) is 3. The molecule has 1 amide bonds. The van der Waals surface area contributed by atoms with Crippen molar-refractivity contribution in [2.45, 2.75) is 71.1 Å². The van der Waals surface area contributed by atoms with E-state index in [1.54, 1.807) is 0 Å². The Kier molecular flexibility index (Phi) is 6.66. The van der Waals surface area contributed by atoms with Crippen LogP contribution in [0.5, 0.6) is 5.75 Å². The highest BCUT2D eigenvalue weighted by Gasteiger charge is 2.39. The summed E-state index contributed by atoms with van der Waals surface area (Å²) >= 11 is 0. The molecule has 1 fully saturated rings. The quantitative estimate of drug-likeness (QED) is 0.649. The fraction of sp³-hybridized carbons (Fsp3) is 0.519. The molecule has 2 aliphatic heterocycles. The predicted molar refractivity (Wildman–Crippen MR) is 125 cm³/mol. The number of amides is 1. The van der Waals surface area contributed by atoms with Gasteiger partial charge in [-0.25, -0.2) is 0 Å². The van der Waals surface area contributed by atoms with Gasteiger partial charge in [0.15, 0.2) is 0 Å². The zero-order chi connectivity index (χ0) is 21.8. The van der Waals surface area contributed by atoms with E-state index < -0.39 is 0 Å². The summed E-state index contributed by atoms with van der Waals surface area (Å²) in [5.41, 5.74) is 2.85. The van der Waals surface area contributed by atoms with E-state index >= 15 is 0 Å². The first-order valence-corrected chi connectivity index (χ1v) is 11.9. The first-order valence-electron chi connectivity index (χ1n) is 11.9. The maximum absolute atomic E-state index is 13.1. The lowest BCUT2D eigenvalue weighted by Crippen LogP contribution is -2.44. The Bertz CT molecular complexity index is 888. The molecule has 1 N–H and O–H groups in total. The summed E-state index contributed by atoms with van der Waals surface area (Å²) in [4.78, 5) is 15.6. The van der Waals surface area contributed by atoms with E-state index in [4.69, 9.17) is 4.74 Å². The van der Waals surface area contributed by atoms with Crippen LogP contribution in [0.4, 0.5) is 0 Å². The summed E-state index contributed by atoms with van der Waals surface area (Å²) in [6.07, 6.45) is 5.27. The van der Waals surface area contributed by atoms with Gasteiger partial charge in [0.25, 0.3) is 5.91 Å². The Morgan fingerprint density at radius 1 is 1.13 bits per heavy atom. The minimum atomic E-state index is -0.220. The summed E-state index contributed by atoms with van der Waals surface area (Å²) in [6, 6.07) is 16.2. The van der Waals surface area contributed by atoms with E-state index in [-0.39, 0.29) is 17.6 Å². The molecule has 166 valence electrons. The fourth-order valence-electron chi connectivity index (χ4n) is 5.12. The highest BCUT2D eigenvalue weighted by atomic mass is 16.5. The number of para-hydroxylation sites is 1. The van der Waals surface area contributed by atoms with Gasteiger partial charge >= 0.3 is 0 Å². The predicted octanol–water partition coefficient (Wildman–Crippen LogP) is 5.73. The molecule has 4 heteroatoms. The van der Waals surface area contributed by atoms with Crippen LogP contribution in [-0.2, 0) is 6.54 Å². The van der Waals surface area contributed by atoms with Crippen molar-refractivity contribution in [2.24, 2.45) is 5.92 Å². The molecule has 0 saturated carbocycles. The summed E-state index contributed by atoms with van der Waals surface area (Å²) in [5, 5.41) is 3.29. The second-order valence-electron chi connectivity index (χ2n) is 9.44. The molecule has 0 spiro atoms. The van der Waals surface area contributed by atoms with Crippen LogP contribution in [0, 0.1) is 5.92 Å². The molecule has 0 aliphatic carbocycles. The summed E-state index contributed by atoms with van der Waals surface area (Å²) < 4.78 is 6.37. The van der Waals surface area contributed by atoms with Crippen molar-refractivity contribution in [3.05, 3.63) is 65.2 Å². The number of benzene rings is 2. The minimum Gasteiger partial charge on any atom is -0.487 e. The number of likely N-dealkylation sites (tertiary alicyclic amines) is 1. The third kappa shape index (κ3) is 4.95. The van der Waals surface area contributed by atoms with Crippen LogP contribution in [0.3, 0.4) is 0 Å². The molecule has 0 aromatic heterocycles. The number of nitrogens with zero attached hydrogens (tertiary/aromatic N) is 1. The topological polar surface area (TPSA) is 41.6 Å². The van der Waals surface area contributed by atoms with Crippen LogP contribution in [0.25, 0.3) is 0 Å². The number of rotatable bonds is 6. The number of ether oxygens (including phenoxy) is 1. The summed E-state index contributed by atoms with van der Waals surface area (Å²) in [6.45, 7) is 9.97. The van der Waals surface area contributed by atoms with Crippen molar-refractivity contribution >= 4 is 5.91 Å². The second-order valence-corrected chi connectivity index (χ2v) is 9.44. The molecule has 0 radical (unpaired) electrons. The van der Waals surface area contributed by atoms with E-state index in [9.17, 15) is 4.79 Å². The number of hydrogen-bond donors (Lipinski definition) is 1. The number of fused-ring (bicyclic) bond motifs is 1. The van der Waals surface area contributed by atoms with E-state index in [2.05, 4.69) is 49.2 Å². The van der Waals surface area contributed by atoms with Gasteiger partial charge in [-0.1, -0.05) is 51.1 Å². The Morgan fingerprint density at radius 2 is 1.87 bits per heavy atom. The van der Waals surface area contributed by atoms with Gasteiger partial charge in [0.05, 0.1) is 6.04 Å². The van der Waals surface area contributed by atoms with E-state index in [1.165, 1.54) is 31.5 Å². The first-order chi connectivity index (χ1) is 15.0. The van der Waals surface area contributed by atoms with Crippen LogP contribution in [0.1, 0.15) is 80.4 Å². The van der Waals surface area contributed by atoms with E-state index in [0.29, 0.717) is 0 Å². The average molecular weight is 421 g/mol. The third-order valence-corrected chi connectivity index (χ3v) is 7.15. The Labute approximate surface area is 187 Å². The molecule has 2 aromatic carbocycles. The number of carbonyl (C=O) groups excluding carboxylic acids is 1. The van der Waals surface area contributed by atoms with Crippen molar-refractivity contribution in [2.75, 3.05) is 13.1 Å². The van der Waals surface area contributed by atoms with Gasteiger partial charge in [0, 0.05) is 30.6 Å². The molecule has 2 heterocycles. The Morgan fingerprint density at radius 3 is 2.58 bits per heavy atom. The Balaban J connectivity index is 1.45. The minimum absolute atomic E-state index is 0.0130. The first kappa shape index (κ1) is 21.9. The van der Waals surface area contributed by atoms with Crippen LogP contribution in [0.15, 0.2) is 48.5 Å². The maximum atomic E-state index is 13.1. The molecule has 2 aromatic rings. The molecule has 2 aliphatic rings. The highest BCUT2D eigenvalue weighted by molar-refractivity contribution is 5.94. The largest absolute Gasteiger partial charge is 0.487 e. The molecule has 0 bridgehead atoms. The molecular weight excluding hydrogens is 384 g/mol. The fourth-order valence-corrected chi connectivity index (χ4v) is 5.12. The average Bonchev–Trinajstić information content (AvgIpc) is 2.79. The van der Waals surface area contributed by atoms with Crippen LogP contribution < -0.4 is 10.1 Å². The van der Waals surface area contributed by atoms with Gasteiger partial charge in [-0.05, 0) is 61.9 Å². The zero-order valence-corrected chi connectivity index (χ0v) is 19.2. The van der Waals surface area contributed by atoms with E-state index in [1.807, 2.05) is 30.3 Å². The van der Waals surface area contributed by atoms with Crippen LogP contribution >= 0.6 is 0 Å². The van der Waals surface area contributed by atoms with Crippen molar-refractivity contribution in [1.29, 1.82) is 0 Å². The highest BCUT2D eigenvalue weighted by Crippen LogP contribution is 2.42. The number of piperidine rings is 1. The van der Waals surface area contributed by atoms with Crippen molar-refractivity contribution in [1.82, 2.24) is 10.2 Å². The lowest BCUT2D eigenvalue weighted by molar-refractivity contribution is 0.0227. The summed E-state index contributed by atoms with van der Waals surface area (Å²) in [5.74, 6) is 1.66. The molecule has 1 saturated heterocycles. The van der Waals surface area contributed by atoms with Gasteiger partial charge < -0.3 is 10.1 Å². The molecule has 2 atom stereocenters. The summed E-state index contributed by atoms with van der Waals surface area (Å²) in [7, 11) is 0. The number of carbonyl (C=O) groups is 1. The van der Waals surface area contributed by atoms with Gasteiger partial charge in [0.1, 0.15) is 11.4 Å². The lowest BCUT2D eigenvalue weighted by Gasteiger charge is -2.41. The lowest BCUT2D eigenvalue weighted by atomic mass is 9.83. The SMILES string of the molecule is CCC1(CC)C[C@H](NC(=O)c2ccc(CN3CCC[C@@H](C)C3)cc2)c2ccccc2O1. The van der Waals surface area contributed by atoms with Crippen molar-refractivity contribution in [3.63, 3.8) is 0 Å². The van der Waals surface area contributed by atoms with Crippen molar-refractivity contribution in [3.8, 4) is 5.75 Å². The van der Waals surface area contributed by atoms with Gasteiger partial charge in [-0.3, -0.25) is 9.69 Å². The van der Waals surface area contributed by atoms with Gasteiger partial charge in [-0.2, -0.15) is 0 Å². The maximum Gasteiger partial charge on any atom is 0.251 e. The second kappa shape index (κ2) is 9.44. The van der Waals surface area contributed by atoms with Gasteiger partial charge in [0.2, 0.25) is 0 Å². The molecule has 31 heavy (non-hydrogen) atoms. The normalized spacial score (nSPS) is 22.9. The van der Waals surface area contributed by atoms with Crippen LogP contribution in [-0.4, -0.2) is 29.5 Å². The third-order valence-electron chi connectivity index (χ3n) is 7.15. The smallest absolute Gasteiger partial charge is 0.251 e. The Hall–Kier alpha value is -2.33. The van der Waals surface area contributed by atoms with Crippen LogP contribution in [0.2, 0.25) is 0 Å². The molecule has 0 unspecified atom stereocenters. The molecule has 4 rings (SSSR count). The monoisotopic (exact) mass is 420 g/mol. The van der Waals surface area contributed by atoms with Crippen molar-refractivity contribution < 1.29 is 9.53 Å².